The second kappa shape index (κ2) is 8.14. The third kappa shape index (κ3) is 3.90. The van der Waals surface area contributed by atoms with Crippen LogP contribution < -0.4 is 10.0 Å². The van der Waals surface area contributed by atoms with Crippen LogP contribution in [0.3, 0.4) is 0 Å². The molecule has 3 aromatic rings. The molecule has 0 spiro atoms. The monoisotopic (exact) mass is 484 g/mol. The molecule has 1 aliphatic heterocycles. The number of aryl methyl sites for hydroxylation is 1. The molecule has 1 aliphatic carbocycles. The zero-order valence-electron chi connectivity index (χ0n) is 17.3. The van der Waals surface area contributed by atoms with Crippen molar-refractivity contribution in [2.45, 2.75) is 30.2 Å². The predicted octanol–water partition coefficient (Wildman–Crippen LogP) is 6.93. The molecule has 0 saturated heterocycles. The maximum Gasteiger partial charge on any atom is 0.261 e. The number of nitrogens with one attached hydrogen (secondary N) is 2. The Balaban J connectivity index is 1.49. The average Bonchev–Trinajstić information content (AvgIpc) is 3.25. The Morgan fingerprint density at radius 1 is 1.00 bits per heavy atom. The van der Waals surface area contributed by atoms with Crippen LogP contribution in [0.5, 0.6) is 0 Å². The zero-order chi connectivity index (χ0) is 22.5. The maximum absolute atomic E-state index is 13.1. The van der Waals surface area contributed by atoms with Gasteiger partial charge in [-0.15, -0.1) is 0 Å². The molecule has 7 heteroatoms. The van der Waals surface area contributed by atoms with Gasteiger partial charge in [-0.3, -0.25) is 4.72 Å². The van der Waals surface area contributed by atoms with E-state index in [9.17, 15) is 8.42 Å². The number of anilines is 2. The molecule has 4 nitrogen and oxygen atoms in total. The van der Waals surface area contributed by atoms with Gasteiger partial charge < -0.3 is 5.32 Å². The van der Waals surface area contributed by atoms with Gasteiger partial charge >= 0.3 is 0 Å². The van der Waals surface area contributed by atoms with Crippen LogP contribution in [-0.2, 0) is 10.0 Å². The number of fused-ring (bicyclic) bond motifs is 3. The quantitative estimate of drug-likeness (QED) is 0.394. The van der Waals surface area contributed by atoms with Gasteiger partial charge in [0.2, 0.25) is 0 Å². The predicted molar refractivity (Wildman–Crippen MR) is 131 cm³/mol. The van der Waals surface area contributed by atoms with E-state index < -0.39 is 10.0 Å². The van der Waals surface area contributed by atoms with Crippen molar-refractivity contribution in [2.75, 3.05) is 10.0 Å². The number of hydrogen-bond donors (Lipinski definition) is 2. The van der Waals surface area contributed by atoms with Gasteiger partial charge in [0.1, 0.15) is 0 Å². The molecule has 0 fully saturated rings. The minimum atomic E-state index is -3.74. The van der Waals surface area contributed by atoms with Crippen molar-refractivity contribution in [1.82, 2.24) is 0 Å². The largest absolute Gasteiger partial charge is 0.378 e. The van der Waals surface area contributed by atoms with Crippen LogP contribution in [0.15, 0.2) is 77.7 Å². The molecule has 0 bridgehead atoms. The normalized spacial score (nSPS) is 21.5. The third-order valence-corrected chi connectivity index (χ3v) is 8.12. The summed E-state index contributed by atoms with van der Waals surface area (Å²) in [7, 11) is -3.74. The first-order valence-corrected chi connectivity index (χ1v) is 12.7. The number of sulfonamides is 1. The Morgan fingerprint density at radius 2 is 1.81 bits per heavy atom. The van der Waals surface area contributed by atoms with E-state index >= 15 is 0 Å². The number of allylic oxidation sites excluding steroid dienone is 2. The van der Waals surface area contributed by atoms with Gasteiger partial charge in [-0.1, -0.05) is 47.5 Å². The van der Waals surface area contributed by atoms with E-state index in [4.69, 9.17) is 23.2 Å². The highest BCUT2D eigenvalue weighted by Gasteiger charge is 2.38. The lowest BCUT2D eigenvalue weighted by atomic mass is 9.77. The molecule has 0 radical (unpaired) electrons. The zero-order valence-corrected chi connectivity index (χ0v) is 19.7. The van der Waals surface area contributed by atoms with Crippen molar-refractivity contribution in [3.63, 3.8) is 0 Å². The van der Waals surface area contributed by atoms with Gasteiger partial charge in [0.15, 0.2) is 0 Å². The molecule has 0 unspecified atom stereocenters. The molecule has 3 aromatic carbocycles. The first-order chi connectivity index (χ1) is 15.3. The number of halogens is 2. The Bertz CT molecular complexity index is 1340. The van der Waals surface area contributed by atoms with E-state index in [1.807, 2.05) is 31.2 Å². The smallest absolute Gasteiger partial charge is 0.261 e. The van der Waals surface area contributed by atoms with Crippen molar-refractivity contribution < 1.29 is 8.42 Å². The van der Waals surface area contributed by atoms with Crippen LogP contribution in [0.1, 0.15) is 35.1 Å². The summed E-state index contributed by atoms with van der Waals surface area (Å²) >= 11 is 12.2. The lowest BCUT2D eigenvalue weighted by molar-refractivity contribution is 0.425. The van der Waals surface area contributed by atoms with Crippen LogP contribution in [0.4, 0.5) is 11.4 Å². The summed E-state index contributed by atoms with van der Waals surface area (Å²) in [5.41, 5.74) is 4.37. The summed E-state index contributed by atoms with van der Waals surface area (Å²) in [6.07, 6.45) is 5.29. The Morgan fingerprint density at radius 3 is 2.59 bits per heavy atom. The molecule has 2 N–H and O–H groups in total. The molecular weight excluding hydrogens is 463 g/mol. The van der Waals surface area contributed by atoms with Gasteiger partial charge in [-0.2, -0.15) is 0 Å². The summed E-state index contributed by atoms with van der Waals surface area (Å²) in [6.45, 7) is 1.82. The van der Waals surface area contributed by atoms with Crippen molar-refractivity contribution in [2.24, 2.45) is 5.92 Å². The average molecular weight is 485 g/mol. The highest BCUT2D eigenvalue weighted by molar-refractivity contribution is 7.92. The fourth-order valence-electron chi connectivity index (χ4n) is 4.71. The van der Waals surface area contributed by atoms with Gasteiger partial charge in [0, 0.05) is 21.7 Å². The van der Waals surface area contributed by atoms with Crippen LogP contribution in [0.25, 0.3) is 0 Å². The van der Waals surface area contributed by atoms with Gasteiger partial charge in [0.05, 0.1) is 16.6 Å². The van der Waals surface area contributed by atoms with Crippen LogP contribution >= 0.6 is 23.2 Å². The molecule has 0 saturated carbocycles. The topological polar surface area (TPSA) is 58.2 Å². The first kappa shape index (κ1) is 21.4. The Kier molecular flexibility index (Phi) is 5.44. The fourth-order valence-corrected chi connectivity index (χ4v) is 6.31. The Hall–Kier alpha value is -2.47. The first-order valence-electron chi connectivity index (χ1n) is 10.4. The maximum atomic E-state index is 13.1. The van der Waals surface area contributed by atoms with Gasteiger partial charge in [0.25, 0.3) is 10.0 Å². The van der Waals surface area contributed by atoms with Crippen molar-refractivity contribution >= 4 is 44.6 Å². The molecular formula is C25H22Cl2N2O2S. The summed E-state index contributed by atoms with van der Waals surface area (Å²) in [6, 6.07) is 18.4. The highest BCUT2D eigenvalue weighted by atomic mass is 35.5. The minimum Gasteiger partial charge on any atom is -0.378 e. The van der Waals surface area contributed by atoms with E-state index in [1.165, 1.54) is 0 Å². The molecule has 2 aliphatic rings. The van der Waals surface area contributed by atoms with E-state index in [1.54, 1.807) is 30.3 Å². The van der Waals surface area contributed by atoms with Gasteiger partial charge in [-0.05, 0) is 84.5 Å². The summed E-state index contributed by atoms with van der Waals surface area (Å²) in [5.74, 6) is 0.438. The molecule has 0 amide bonds. The van der Waals surface area contributed by atoms with Crippen LogP contribution in [0.2, 0.25) is 10.0 Å². The van der Waals surface area contributed by atoms with E-state index in [-0.39, 0.29) is 16.9 Å². The fraction of sp³-hybridized carbons (Fsp3) is 0.200. The molecule has 3 atom stereocenters. The number of hydrogen-bond acceptors (Lipinski definition) is 3. The van der Waals surface area contributed by atoms with E-state index in [0.29, 0.717) is 21.7 Å². The van der Waals surface area contributed by atoms with Crippen LogP contribution in [0, 0.1) is 12.8 Å². The summed E-state index contributed by atoms with van der Waals surface area (Å²) in [4.78, 5) is 0.243. The number of rotatable bonds is 4. The highest BCUT2D eigenvalue weighted by Crippen LogP contribution is 2.50. The lowest BCUT2D eigenvalue weighted by Gasteiger charge is -2.37. The van der Waals surface area contributed by atoms with E-state index in [0.717, 1.165) is 28.8 Å². The number of benzene rings is 3. The molecule has 0 aromatic heterocycles. The second-order valence-electron chi connectivity index (χ2n) is 8.34. The molecule has 32 heavy (non-hydrogen) atoms. The molecule has 5 rings (SSSR count). The Labute approximate surface area is 198 Å². The second-order valence-corrected chi connectivity index (χ2v) is 10.9. The minimum absolute atomic E-state index is 0.110. The summed E-state index contributed by atoms with van der Waals surface area (Å²) < 4.78 is 29.0. The van der Waals surface area contributed by atoms with Crippen LogP contribution in [-0.4, -0.2) is 8.42 Å². The SMILES string of the molecule is Cc1cc(Cl)ccc1NS(=O)(=O)c1ccc2c(c1)[C@@H]1C=CC[C@@H]1[C@@H](c1cccc(Cl)c1)N2. The van der Waals surface area contributed by atoms with E-state index in [2.05, 4.69) is 28.3 Å². The molecule has 164 valence electrons. The van der Waals surface area contributed by atoms with Crippen molar-refractivity contribution in [3.8, 4) is 0 Å². The van der Waals surface area contributed by atoms with Crippen molar-refractivity contribution in [3.05, 3.63) is 99.6 Å². The van der Waals surface area contributed by atoms with Crippen molar-refractivity contribution in [1.29, 1.82) is 0 Å². The summed E-state index contributed by atoms with van der Waals surface area (Å²) in [5, 5.41) is 4.91. The lowest BCUT2D eigenvalue weighted by Crippen LogP contribution is -2.29. The van der Waals surface area contributed by atoms with Gasteiger partial charge in [-0.25, -0.2) is 8.42 Å². The standard InChI is InChI=1S/C25H22Cl2N2O2S/c1-15-12-18(27)8-10-23(15)29-32(30,31)19-9-11-24-22(14-19)20-6-3-7-21(20)25(28-24)16-4-2-5-17(26)13-16/h2-6,8-14,20-21,25,28-29H,7H2,1H3/t20-,21+,25-/m1/s1. The third-order valence-electron chi connectivity index (χ3n) is 6.29. The molecule has 1 heterocycles.